The monoisotopic (exact) mass is 413 g/mol. The van der Waals surface area contributed by atoms with Gasteiger partial charge in [0.2, 0.25) is 10.0 Å². The van der Waals surface area contributed by atoms with Crippen LogP contribution in [0.4, 0.5) is 22.0 Å². The van der Waals surface area contributed by atoms with Crippen LogP contribution in [-0.4, -0.2) is 8.42 Å². The smallest absolute Gasteiger partial charge is 0.225 e. The van der Waals surface area contributed by atoms with Crippen LogP contribution in [0.2, 0.25) is 0 Å². The fourth-order valence-corrected chi connectivity index (χ4v) is 3.26. The number of primary sulfonamides is 1. The molecule has 0 aromatic heterocycles. The molecule has 0 saturated heterocycles. The van der Waals surface area contributed by atoms with Gasteiger partial charge in [0.25, 0.3) is 0 Å². The zero-order valence-corrected chi connectivity index (χ0v) is 14.8. The Morgan fingerprint density at radius 1 is 0.714 bits per heavy atom. The van der Waals surface area contributed by atoms with Gasteiger partial charge in [-0.15, -0.1) is 0 Å². The lowest BCUT2D eigenvalue weighted by Gasteiger charge is -2.15. The molecule has 0 aliphatic rings. The van der Waals surface area contributed by atoms with Crippen LogP contribution >= 0.6 is 0 Å². The number of halogens is 5. The predicted molar refractivity (Wildman–Crippen MR) is 93.6 cm³/mol. The number of rotatable bonds is 3. The first kappa shape index (κ1) is 20.0. The van der Waals surface area contributed by atoms with Gasteiger partial charge in [0.15, 0.2) is 0 Å². The lowest BCUT2D eigenvalue weighted by molar-refractivity contribution is -0.137. The fourth-order valence-electron chi connectivity index (χ4n) is 2.74. The Morgan fingerprint density at radius 2 is 1.29 bits per heavy atom. The molecule has 0 bridgehead atoms. The second-order valence-corrected chi connectivity index (χ2v) is 7.55. The molecule has 3 nitrogen and oxygen atoms in total. The minimum Gasteiger partial charge on any atom is -0.225 e. The Kier molecular flexibility index (Phi) is 4.99. The third-order valence-electron chi connectivity index (χ3n) is 4.01. The molecule has 3 aromatic rings. The summed E-state index contributed by atoms with van der Waals surface area (Å²) < 4.78 is 89.4. The van der Waals surface area contributed by atoms with Gasteiger partial charge in [0.1, 0.15) is 11.6 Å². The van der Waals surface area contributed by atoms with Crippen molar-refractivity contribution in [2.24, 2.45) is 5.14 Å². The van der Waals surface area contributed by atoms with Crippen molar-refractivity contribution >= 4 is 10.0 Å². The summed E-state index contributed by atoms with van der Waals surface area (Å²) in [5.74, 6) is -1.88. The first-order valence-electron chi connectivity index (χ1n) is 7.76. The zero-order chi connectivity index (χ0) is 20.7. The van der Waals surface area contributed by atoms with Crippen LogP contribution in [0.15, 0.2) is 65.6 Å². The summed E-state index contributed by atoms with van der Waals surface area (Å²) in [4.78, 5) is -0.179. The van der Waals surface area contributed by atoms with Gasteiger partial charge in [0.05, 0.1) is 10.5 Å². The highest BCUT2D eigenvalue weighted by atomic mass is 32.2. The van der Waals surface area contributed by atoms with Crippen LogP contribution < -0.4 is 5.14 Å². The van der Waals surface area contributed by atoms with Gasteiger partial charge in [0, 0.05) is 6.07 Å². The molecular weight excluding hydrogens is 401 g/mol. The highest BCUT2D eigenvalue weighted by Gasteiger charge is 2.31. The molecule has 0 unspecified atom stereocenters. The first-order chi connectivity index (χ1) is 12.9. The zero-order valence-electron chi connectivity index (χ0n) is 14.0. The molecule has 0 aliphatic heterocycles. The first-order valence-corrected chi connectivity index (χ1v) is 9.31. The van der Waals surface area contributed by atoms with E-state index in [4.69, 9.17) is 5.14 Å². The predicted octanol–water partition coefficient (Wildman–Crippen LogP) is 4.97. The minimum absolute atomic E-state index is 0.0587. The van der Waals surface area contributed by atoms with Gasteiger partial charge in [-0.25, -0.2) is 22.3 Å². The van der Waals surface area contributed by atoms with E-state index in [2.05, 4.69) is 0 Å². The van der Waals surface area contributed by atoms with Crippen LogP contribution in [0.1, 0.15) is 5.56 Å². The van der Waals surface area contributed by atoms with E-state index >= 15 is 0 Å². The molecule has 9 heteroatoms. The second kappa shape index (κ2) is 6.99. The van der Waals surface area contributed by atoms with E-state index in [1.807, 2.05) is 0 Å². The maximum Gasteiger partial charge on any atom is 0.416 e. The summed E-state index contributed by atoms with van der Waals surface area (Å²) in [5.41, 5.74) is -0.553. The van der Waals surface area contributed by atoms with E-state index in [0.717, 1.165) is 30.3 Å². The van der Waals surface area contributed by atoms with Gasteiger partial charge in [-0.2, -0.15) is 13.2 Å². The molecule has 0 fully saturated rings. The normalized spacial score (nSPS) is 12.2. The van der Waals surface area contributed by atoms with E-state index in [9.17, 15) is 30.4 Å². The Balaban J connectivity index is 2.23. The van der Waals surface area contributed by atoms with Crippen molar-refractivity contribution in [2.75, 3.05) is 0 Å². The maximum atomic E-state index is 13.6. The van der Waals surface area contributed by atoms with Gasteiger partial charge < -0.3 is 0 Å². The molecule has 2 N–H and O–H groups in total. The summed E-state index contributed by atoms with van der Waals surface area (Å²) in [6, 6.07) is 10.3. The van der Waals surface area contributed by atoms with Crippen LogP contribution in [0.3, 0.4) is 0 Å². The Hall–Kier alpha value is -2.78. The van der Waals surface area contributed by atoms with Crippen LogP contribution in [0.25, 0.3) is 22.3 Å². The molecule has 3 rings (SSSR count). The molecule has 3 aromatic carbocycles. The van der Waals surface area contributed by atoms with Gasteiger partial charge in [-0.3, -0.25) is 0 Å². The number of hydrogen-bond donors (Lipinski definition) is 1. The molecule has 0 atom stereocenters. The quantitative estimate of drug-likeness (QED) is 0.617. The van der Waals surface area contributed by atoms with E-state index < -0.39 is 33.4 Å². The van der Waals surface area contributed by atoms with Crippen LogP contribution in [0, 0.1) is 11.6 Å². The fraction of sp³-hybridized carbons (Fsp3) is 0.0526. The molecule has 0 aliphatic carbocycles. The van der Waals surface area contributed by atoms with E-state index in [0.29, 0.717) is 11.6 Å². The number of hydrogen-bond acceptors (Lipinski definition) is 2. The highest BCUT2D eigenvalue weighted by Crippen LogP contribution is 2.38. The molecule has 0 saturated carbocycles. The summed E-state index contributed by atoms with van der Waals surface area (Å²) in [7, 11) is -3.95. The average molecular weight is 413 g/mol. The molecule has 0 heterocycles. The standard InChI is InChI=1S/C19H12F5NO2S/c20-14-7-12(8-15(21)10-14)18-9-13(19(22,23)24)3-6-17(18)11-1-4-16(5-2-11)28(25,26)27/h1-10H,(H2,25,26,27). The Labute approximate surface area is 157 Å². The SMILES string of the molecule is NS(=O)(=O)c1ccc(-c2ccc(C(F)(F)F)cc2-c2cc(F)cc(F)c2)cc1. The van der Waals surface area contributed by atoms with Crippen molar-refractivity contribution in [1.29, 1.82) is 0 Å². The van der Waals surface area contributed by atoms with E-state index in [1.54, 1.807) is 0 Å². The van der Waals surface area contributed by atoms with E-state index in [1.165, 1.54) is 24.3 Å². The third-order valence-corrected chi connectivity index (χ3v) is 4.94. The van der Waals surface area contributed by atoms with Crippen LogP contribution in [-0.2, 0) is 16.2 Å². The number of sulfonamides is 1. The number of alkyl halides is 3. The second-order valence-electron chi connectivity index (χ2n) is 5.99. The molecule has 0 spiro atoms. The minimum atomic E-state index is -4.66. The lowest BCUT2D eigenvalue weighted by atomic mass is 9.92. The topological polar surface area (TPSA) is 60.2 Å². The number of nitrogens with two attached hydrogens (primary N) is 1. The van der Waals surface area contributed by atoms with Crippen LogP contribution in [0.5, 0.6) is 0 Å². The molecule has 28 heavy (non-hydrogen) atoms. The van der Waals surface area contributed by atoms with Crippen molar-refractivity contribution in [3.63, 3.8) is 0 Å². The largest absolute Gasteiger partial charge is 0.416 e. The molecular formula is C19H12F5NO2S. The number of benzene rings is 3. The van der Waals surface area contributed by atoms with Gasteiger partial charge >= 0.3 is 6.18 Å². The summed E-state index contributed by atoms with van der Waals surface area (Å²) in [6.07, 6.45) is -4.66. The summed E-state index contributed by atoms with van der Waals surface area (Å²) >= 11 is 0. The van der Waals surface area contributed by atoms with Crippen molar-refractivity contribution in [2.45, 2.75) is 11.1 Å². The van der Waals surface area contributed by atoms with Crippen molar-refractivity contribution in [3.8, 4) is 22.3 Å². The Morgan fingerprint density at radius 3 is 1.79 bits per heavy atom. The summed E-state index contributed by atoms with van der Waals surface area (Å²) in [5, 5.41) is 5.03. The lowest BCUT2D eigenvalue weighted by Crippen LogP contribution is -2.11. The highest BCUT2D eigenvalue weighted by molar-refractivity contribution is 7.89. The Bertz CT molecular complexity index is 1120. The average Bonchev–Trinajstić information content (AvgIpc) is 2.59. The van der Waals surface area contributed by atoms with Gasteiger partial charge in [-0.05, 0) is 58.7 Å². The maximum absolute atomic E-state index is 13.6. The van der Waals surface area contributed by atoms with Gasteiger partial charge in [-0.1, -0.05) is 18.2 Å². The molecule has 0 radical (unpaired) electrons. The van der Waals surface area contributed by atoms with E-state index in [-0.39, 0.29) is 21.6 Å². The van der Waals surface area contributed by atoms with Crippen molar-refractivity contribution < 1.29 is 30.4 Å². The van der Waals surface area contributed by atoms with Crippen molar-refractivity contribution in [1.82, 2.24) is 0 Å². The third kappa shape index (κ3) is 4.20. The van der Waals surface area contributed by atoms with Crippen molar-refractivity contribution in [3.05, 3.63) is 77.9 Å². The summed E-state index contributed by atoms with van der Waals surface area (Å²) in [6.45, 7) is 0. The molecule has 0 amide bonds. The molecule has 146 valence electrons.